The van der Waals surface area contributed by atoms with Gasteiger partial charge in [-0.25, -0.2) is 4.98 Å². The highest BCUT2D eigenvalue weighted by Crippen LogP contribution is 2.30. The van der Waals surface area contributed by atoms with E-state index in [2.05, 4.69) is 9.88 Å². The summed E-state index contributed by atoms with van der Waals surface area (Å²) in [7, 11) is 0. The smallest absolute Gasteiger partial charge is 0.279 e. The topological polar surface area (TPSA) is 99.7 Å². The van der Waals surface area contributed by atoms with Crippen LogP contribution in [-0.4, -0.2) is 51.3 Å². The Hall–Kier alpha value is -2.25. The number of benzene rings is 1. The summed E-state index contributed by atoms with van der Waals surface area (Å²) in [6.07, 6.45) is 0.645. The number of nitro benzene ring substituents is 1. The molecular weight excluding hydrogens is 286 g/mol. The van der Waals surface area contributed by atoms with Crippen molar-refractivity contribution in [1.82, 2.24) is 9.88 Å². The molecule has 118 valence electrons. The van der Waals surface area contributed by atoms with Gasteiger partial charge in [0.1, 0.15) is 11.3 Å². The Labute approximate surface area is 128 Å². The second-order valence-corrected chi connectivity index (χ2v) is 4.97. The monoisotopic (exact) mass is 305 g/mol. The summed E-state index contributed by atoms with van der Waals surface area (Å²) in [4.78, 5) is 16.9. The van der Waals surface area contributed by atoms with E-state index in [4.69, 9.17) is 5.11 Å². The van der Waals surface area contributed by atoms with Crippen molar-refractivity contribution in [2.24, 2.45) is 0 Å². The van der Waals surface area contributed by atoms with Crippen molar-refractivity contribution in [3.63, 3.8) is 0 Å². The molecule has 1 aromatic heterocycles. The molecule has 2 N–H and O–H groups in total. The number of aliphatic hydroxyl groups excluding tert-OH is 1. The van der Waals surface area contributed by atoms with E-state index in [0.29, 0.717) is 18.4 Å². The van der Waals surface area contributed by atoms with Crippen molar-refractivity contribution < 1.29 is 15.1 Å². The molecule has 1 aromatic carbocycles. The Morgan fingerprint density at radius 3 is 2.68 bits per heavy atom. The Balaban J connectivity index is 2.27. The lowest BCUT2D eigenvalue weighted by Gasteiger charge is -2.18. The van der Waals surface area contributed by atoms with Crippen molar-refractivity contribution in [3.8, 4) is 5.75 Å². The number of fused-ring (bicyclic) bond motifs is 1. The molecule has 0 unspecified atom stereocenters. The van der Waals surface area contributed by atoms with Crippen LogP contribution in [0.15, 0.2) is 24.3 Å². The summed E-state index contributed by atoms with van der Waals surface area (Å²) in [5.74, 6) is -0.0647. The van der Waals surface area contributed by atoms with Gasteiger partial charge < -0.3 is 15.1 Å². The number of nitrogens with zero attached hydrogens (tertiary/aromatic N) is 3. The molecule has 0 aliphatic heterocycles. The number of phenolic OH excluding ortho intramolecular Hbond substituents is 1. The van der Waals surface area contributed by atoms with Crippen molar-refractivity contribution in [3.05, 3.63) is 40.1 Å². The number of nitro groups is 1. The highest BCUT2D eigenvalue weighted by molar-refractivity contribution is 5.92. The molecule has 0 atom stereocenters. The van der Waals surface area contributed by atoms with Gasteiger partial charge in [-0.15, -0.1) is 0 Å². The molecule has 0 radical (unpaired) electrons. The fraction of sp³-hybridized carbons (Fsp3) is 0.400. The van der Waals surface area contributed by atoms with Crippen molar-refractivity contribution in [2.45, 2.75) is 13.3 Å². The van der Waals surface area contributed by atoms with E-state index in [9.17, 15) is 15.2 Å². The van der Waals surface area contributed by atoms with Gasteiger partial charge >= 0.3 is 0 Å². The van der Waals surface area contributed by atoms with E-state index in [1.54, 1.807) is 12.1 Å². The highest BCUT2D eigenvalue weighted by atomic mass is 16.6. The van der Waals surface area contributed by atoms with Crippen LogP contribution in [0.3, 0.4) is 0 Å². The molecule has 0 aliphatic rings. The lowest BCUT2D eigenvalue weighted by atomic mass is 10.1. The number of hydrogen-bond acceptors (Lipinski definition) is 6. The largest absolute Gasteiger partial charge is 0.506 e. The zero-order valence-corrected chi connectivity index (χ0v) is 12.4. The van der Waals surface area contributed by atoms with Gasteiger partial charge in [-0.1, -0.05) is 6.92 Å². The quantitative estimate of drug-likeness (QED) is 0.596. The Kier molecular flexibility index (Phi) is 5.24. The number of phenols is 1. The number of hydrogen-bond donors (Lipinski definition) is 2. The van der Waals surface area contributed by atoms with Gasteiger partial charge in [0, 0.05) is 31.3 Å². The molecule has 2 aromatic rings. The molecule has 0 aliphatic carbocycles. The molecular formula is C15H19N3O4. The van der Waals surface area contributed by atoms with Crippen LogP contribution in [0.5, 0.6) is 5.75 Å². The zero-order chi connectivity index (χ0) is 16.1. The number of aromatic nitrogens is 1. The summed E-state index contributed by atoms with van der Waals surface area (Å²) in [5.41, 5.74) is 0.930. The van der Waals surface area contributed by atoms with Gasteiger partial charge in [-0.05, 0) is 24.7 Å². The standard InChI is InChI=1S/C15H19N3O4/c1-2-17(9-10-19)8-7-11-3-4-12-13(18(21)22)5-6-14(20)15(12)16-11/h3-6,19-20H,2,7-10H2,1H3. The SMILES string of the molecule is CCN(CCO)CCc1ccc2c([N+](=O)[O-])ccc(O)c2n1. The fourth-order valence-corrected chi connectivity index (χ4v) is 2.37. The molecule has 7 heteroatoms. The first kappa shape index (κ1) is 16.1. The van der Waals surface area contributed by atoms with Crippen molar-refractivity contribution in [1.29, 1.82) is 0 Å². The van der Waals surface area contributed by atoms with Crippen LogP contribution in [0.4, 0.5) is 5.69 Å². The van der Waals surface area contributed by atoms with Crippen LogP contribution in [-0.2, 0) is 6.42 Å². The minimum absolute atomic E-state index is 0.0647. The second kappa shape index (κ2) is 7.15. The fourth-order valence-electron chi connectivity index (χ4n) is 2.37. The molecule has 0 saturated heterocycles. The van der Waals surface area contributed by atoms with E-state index < -0.39 is 4.92 Å². The first-order chi connectivity index (χ1) is 10.6. The van der Waals surface area contributed by atoms with E-state index >= 15 is 0 Å². The third kappa shape index (κ3) is 3.49. The van der Waals surface area contributed by atoms with Crippen LogP contribution in [0.2, 0.25) is 0 Å². The molecule has 0 amide bonds. The number of aliphatic hydroxyl groups is 1. The average molecular weight is 305 g/mol. The van der Waals surface area contributed by atoms with E-state index in [1.807, 2.05) is 6.92 Å². The summed E-state index contributed by atoms with van der Waals surface area (Å²) >= 11 is 0. The maximum atomic E-state index is 11.0. The van der Waals surface area contributed by atoms with E-state index in [1.165, 1.54) is 12.1 Å². The number of non-ortho nitro benzene ring substituents is 1. The van der Waals surface area contributed by atoms with E-state index in [0.717, 1.165) is 18.8 Å². The Morgan fingerprint density at radius 1 is 1.27 bits per heavy atom. The molecule has 0 bridgehead atoms. The lowest BCUT2D eigenvalue weighted by molar-refractivity contribution is -0.383. The van der Waals surface area contributed by atoms with Gasteiger partial charge in [0.2, 0.25) is 0 Å². The van der Waals surface area contributed by atoms with Crippen LogP contribution < -0.4 is 0 Å². The maximum Gasteiger partial charge on any atom is 0.279 e. The highest BCUT2D eigenvalue weighted by Gasteiger charge is 2.15. The van der Waals surface area contributed by atoms with Gasteiger partial charge in [0.25, 0.3) is 5.69 Å². The van der Waals surface area contributed by atoms with Crippen LogP contribution in [0.1, 0.15) is 12.6 Å². The third-order valence-electron chi connectivity index (χ3n) is 3.61. The summed E-state index contributed by atoms with van der Waals surface area (Å²) in [6.45, 7) is 4.27. The first-order valence-corrected chi connectivity index (χ1v) is 7.16. The van der Waals surface area contributed by atoms with Crippen LogP contribution in [0, 0.1) is 10.1 Å². The minimum atomic E-state index is -0.483. The average Bonchev–Trinajstić information content (AvgIpc) is 2.51. The molecule has 0 spiro atoms. The van der Waals surface area contributed by atoms with Crippen LogP contribution >= 0.6 is 0 Å². The van der Waals surface area contributed by atoms with E-state index in [-0.39, 0.29) is 23.6 Å². The maximum absolute atomic E-state index is 11.0. The normalized spacial score (nSPS) is 11.2. The Bertz CT molecular complexity index is 675. The number of aromatic hydroxyl groups is 1. The molecule has 22 heavy (non-hydrogen) atoms. The molecule has 1 heterocycles. The molecule has 7 nitrogen and oxygen atoms in total. The summed E-state index contributed by atoms with van der Waals surface area (Å²) in [6, 6.07) is 5.93. The van der Waals surface area contributed by atoms with Gasteiger partial charge in [-0.2, -0.15) is 0 Å². The second-order valence-electron chi connectivity index (χ2n) is 4.97. The van der Waals surface area contributed by atoms with Crippen LogP contribution in [0.25, 0.3) is 10.9 Å². The van der Waals surface area contributed by atoms with Gasteiger partial charge in [-0.3, -0.25) is 10.1 Å². The molecule has 2 rings (SSSR count). The molecule has 0 saturated carbocycles. The predicted molar refractivity (Wildman–Crippen MR) is 83.0 cm³/mol. The van der Waals surface area contributed by atoms with Gasteiger partial charge in [0.05, 0.1) is 16.9 Å². The van der Waals surface area contributed by atoms with Gasteiger partial charge in [0.15, 0.2) is 0 Å². The first-order valence-electron chi connectivity index (χ1n) is 7.16. The number of rotatable bonds is 7. The third-order valence-corrected chi connectivity index (χ3v) is 3.61. The van der Waals surface area contributed by atoms with Crippen molar-refractivity contribution >= 4 is 16.6 Å². The summed E-state index contributed by atoms with van der Waals surface area (Å²) in [5, 5.41) is 30.2. The molecule has 0 fully saturated rings. The summed E-state index contributed by atoms with van der Waals surface area (Å²) < 4.78 is 0. The minimum Gasteiger partial charge on any atom is -0.506 e. The number of likely N-dealkylation sites (N-methyl/N-ethyl adjacent to an activating group) is 1. The zero-order valence-electron chi connectivity index (χ0n) is 12.4. The lowest BCUT2D eigenvalue weighted by Crippen LogP contribution is -2.29. The van der Waals surface area contributed by atoms with Crippen molar-refractivity contribution in [2.75, 3.05) is 26.2 Å². The number of pyridine rings is 1. The Morgan fingerprint density at radius 2 is 2.05 bits per heavy atom. The predicted octanol–water partition coefficient (Wildman–Crippen LogP) is 1.71.